The van der Waals surface area contributed by atoms with Crippen LogP contribution in [-0.2, 0) is 18.3 Å². The molecule has 0 unspecified atom stereocenters. The Morgan fingerprint density at radius 3 is 2.62 bits per heavy atom. The van der Waals surface area contributed by atoms with Gasteiger partial charge in [-0.2, -0.15) is 0 Å². The second-order valence-corrected chi connectivity index (χ2v) is 6.62. The summed E-state index contributed by atoms with van der Waals surface area (Å²) in [5, 5.41) is 0. The highest BCUT2D eigenvalue weighted by atomic mass is 16.5. The van der Waals surface area contributed by atoms with Gasteiger partial charge in [-0.3, -0.25) is 14.2 Å². The number of benzene rings is 1. The van der Waals surface area contributed by atoms with Gasteiger partial charge in [0.25, 0.3) is 5.56 Å². The van der Waals surface area contributed by atoms with Crippen molar-refractivity contribution in [1.29, 1.82) is 0 Å². The number of amides is 1. The van der Waals surface area contributed by atoms with E-state index in [0.717, 1.165) is 28.7 Å². The van der Waals surface area contributed by atoms with Crippen LogP contribution in [0.25, 0.3) is 0 Å². The molecule has 138 valence electrons. The van der Waals surface area contributed by atoms with Gasteiger partial charge in [-0.25, -0.2) is 4.79 Å². The molecule has 0 saturated carbocycles. The van der Waals surface area contributed by atoms with Crippen molar-refractivity contribution in [3.05, 3.63) is 62.4 Å². The van der Waals surface area contributed by atoms with E-state index in [1.165, 1.54) is 13.2 Å². The first kappa shape index (κ1) is 18.0. The predicted octanol–water partition coefficient (Wildman–Crippen LogP) is 0.995. The molecule has 0 atom stereocenters. The maximum Gasteiger partial charge on any atom is 0.328 e. The van der Waals surface area contributed by atoms with Crippen LogP contribution >= 0.6 is 0 Å². The number of nitrogens with zero attached hydrogens (tertiary/aromatic N) is 2. The summed E-state index contributed by atoms with van der Waals surface area (Å²) in [6.07, 6.45) is 2.91. The first-order chi connectivity index (χ1) is 12.5. The number of para-hydroxylation sites is 1. The van der Waals surface area contributed by atoms with Crippen molar-refractivity contribution in [3.8, 4) is 5.75 Å². The summed E-state index contributed by atoms with van der Waals surface area (Å²) >= 11 is 0. The Morgan fingerprint density at radius 1 is 1.23 bits per heavy atom. The van der Waals surface area contributed by atoms with Crippen molar-refractivity contribution in [1.82, 2.24) is 14.5 Å². The molecular weight excluding hydrogens is 334 g/mol. The summed E-state index contributed by atoms with van der Waals surface area (Å²) in [5.41, 5.74) is 0.482. The number of ether oxygens (including phenoxy) is 1. The molecule has 0 radical (unpaired) electrons. The third-order valence-corrected chi connectivity index (χ3v) is 4.78. The van der Waals surface area contributed by atoms with Gasteiger partial charge in [-0.05, 0) is 18.6 Å². The number of carbonyl (C=O) groups excluding carboxylic acids is 1. The standard InChI is InChI=1S/C19H23N3O4/c1-13-5-3-4-6-16(13)26-15-7-9-22(10-8-15)17(23)11-14-12-20-19(25)21(2)18(14)24/h3-6,12,15H,7-11H2,1-2H3,(H,20,25). The lowest BCUT2D eigenvalue weighted by molar-refractivity contribution is -0.132. The molecule has 2 heterocycles. The monoisotopic (exact) mass is 357 g/mol. The van der Waals surface area contributed by atoms with Crippen molar-refractivity contribution in [2.24, 2.45) is 7.05 Å². The van der Waals surface area contributed by atoms with Crippen LogP contribution in [0.3, 0.4) is 0 Å². The predicted molar refractivity (Wildman–Crippen MR) is 97.4 cm³/mol. The number of carbonyl (C=O) groups is 1. The molecule has 26 heavy (non-hydrogen) atoms. The summed E-state index contributed by atoms with van der Waals surface area (Å²) in [5.74, 6) is 0.775. The minimum Gasteiger partial charge on any atom is -0.490 e. The minimum absolute atomic E-state index is 0.00717. The Morgan fingerprint density at radius 2 is 1.92 bits per heavy atom. The van der Waals surface area contributed by atoms with E-state index in [2.05, 4.69) is 4.98 Å². The van der Waals surface area contributed by atoms with Crippen LogP contribution in [0.1, 0.15) is 24.0 Å². The van der Waals surface area contributed by atoms with E-state index in [0.29, 0.717) is 18.7 Å². The zero-order chi connectivity index (χ0) is 18.7. The molecule has 7 nitrogen and oxygen atoms in total. The summed E-state index contributed by atoms with van der Waals surface area (Å²) in [4.78, 5) is 40.1. The van der Waals surface area contributed by atoms with E-state index >= 15 is 0 Å². The topological polar surface area (TPSA) is 84.4 Å². The molecule has 1 amide bonds. The zero-order valence-corrected chi connectivity index (χ0v) is 15.0. The fourth-order valence-electron chi connectivity index (χ4n) is 3.11. The van der Waals surface area contributed by atoms with E-state index in [9.17, 15) is 14.4 Å². The van der Waals surface area contributed by atoms with Gasteiger partial charge in [0.05, 0.1) is 6.42 Å². The van der Waals surface area contributed by atoms with Gasteiger partial charge in [-0.1, -0.05) is 18.2 Å². The number of aromatic amines is 1. The average molecular weight is 357 g/mol. The van der Waals surface area contributed by atoms with Gasteiger partial charge >= 0.3 is 5.69 Å². The number of rotatable bonds is 4. The van der Waals surface area contributed by atoms with Gasteiger partial charge in [0, 0.05) is 44.7 Å². The second kappa shape index (κ2) is 7.59. The Kier molecular flexibility index (Phi) is 5.25. The lowest BCUT2D eigenvalue weighted by Gasteiger charge is -2.32. The van der Waals surface area contributed by atoms with Crippen LogP contribution in [0, 0.1) is 6.92 Å². The van der Waals surface area contributed by atoms with Crippen LogP contribution in [0.2, 0.25) is 0 Å². The Bertz CT molecular complexity index is 907. The number of aromatic nitrogens is 2. The highest BCUT2D eigenvalue weighted by molar-refractivity contribution is 5.78. The van der Waals surface area contributed by atoms with E-state index in [1.54, 1.807) is 4.90 Å². The SMILES string of the molecule is Cc1ccccc1OC1CCN(C(=O)Cc2c[nH]c(=O)n(C)c2=O)CC1. The molecule has 1 aliphatic rings. The zero-order valence-electron chi connectivity index (χ0n) is 15.0. The third-order valence-electron chi connectivity index (χ3n) is 4.78. The number of nitrogens with one attached hydrogen (secondary N) is 1. The molecule has 0 spiro atoms. The number of likely N-dealkylation sites (tertiary alicyclic amines) is 1. The van der Waals surface area contributed by atoms with E-state index in [4.69, 9.17) is 4.74 Å². The number of H-pyrrole nitrogens is 1. The maximum absolute atomic E-state index is 12.5. The fourth-order valence-corrected chi connectivity index (χ4v) is 3.11. The Labute approximate surface area is 151 Å². The largest absolute Gasteiger partial charge is 0.490 e. The lowest BCUT2D eigenvalue weighted by Crippen LogP contribution is -2.43. The van der Waals surface area contributed by atoms with E-state index in [1.807, 2.05) is 31.2 Å². The van der Waals surface area contributed by atoms with Crippen molar-refractivity contribution in [3.63, 3.8) is 0 Å². The molecule has 1 N–H and O–H groups in total. The van der Waals surface area contributed by atoms with Crippen LogP contribution in [0.15, 0.2) is 40.1 Å². The number of aryl methyl sites for hydroxylation is 1. The van der Waals surface area contributed by atoms with Gasteiger partial charge in [0.15, 0.2) is 0 Å². The molecule has 1 aromatic carbocycles. The maximum atomic E-state index is 12.5. The molecule has 7 heteroatoms. The number of hydrogen-bond donors (Lipinski definition) is 1. The molecule has 3 rings (SSSR count). The molecule has 1 fully saturated rings. The van der Waals surface area contributed by atoms with Gasteiger partial charge < -0.3 is 14.6 Å². The molecule has 1 aromatic heterocycles. The van der Waals surface area contributed by atoms with Crippen molar-refractivity contribution in [2.45, 2.75) is 32.3 Å². The van der Waals surface area contributed by atoms with E-state index in [-0.39, 0.29) is 18.4 Å². The lowest BCUT2D eigenvalue weighted by atomic mass is 10.1. The number of piperidine rings is 1. The molecule has 2 aromatic rings. The minimum atomic E-state index is -0.486. The number of hydrogen-bond acceptors (Lipinski definition) is 4. The highest BCUT2D eigenvalue weighted by Crippen LogP contribution is 2.22. The molecule has 1 aliphatic heterocycles. The summed E-state index contributed by atoms with van der Waals surface area (Å²) in [6, 6.07) is 7.90. The molecule has 0 aliphatic carbocycles. The van der Waals surface area contributed by atoms with Gasteiger partial charge in [0.1, 0.15) is 11.9 Å². The summed E-state index contributed by atoms with van der Waals surface area (Å²) < 4.78 is 7.03. The van der Waals surface area contributed by atoms with Gasteiger partial charge in [-0.15, -0.1) is 0 Å². The van der Waals surface area contributed by atoms with Crippen LogP contribution in [-0.4, -0.2) is 39.6 Å². The Balaban J connectivity index is 1.57. The van der Waals surface area contributed by atoms with Crippen molar-refractivity contribution in [2.75, 3.05) is 13.1 Å². The Hall–Kier alpha value is -2.83. The van der Waals surface area contributed by atoms with Crippen molar-refractivity contribution >= 4 is 5.91 Å². The molecule has 0 bridgehead atoms. The third kappa shape index (κ3) is 3.87. The first-order valence-electron chi connectivity index (χ1n) is 8.73. The summed E-state index contributed by atoms with van der Waals surface area (Å²) in [6.45, 7) is 3.21. The van der Waals surface area contributed by atoms with Gasteiger partial charge in [0.2, 0.25) is 5.91 Å². The summed E-state index contributed by atoms with van der Waals surface area (Å²) in [7, 11) is 1.39. The normalized spacial score (nSPS) is 15.1. The quantitative estimate of drug-likeness (QED) is 0.885. The average Bonchev–Trinajstić information content (AvgIpc) is 2.64. The van der Waals surface area contributed by atoms with E-state index < -0.39 is 11.2 Å². The second-order valence-electron chi connectivity index (χ2n) is 6.62. The van der Waals surface area contributed by atoms with Crippen molar-refractivity contribution < 1.29 is 9.53 Å². The van der Waals surface area contributed by atoms with Crippen LogP contribution < -0.4 is 16.0 Å². The highest BCUT2D eigenvalue weighted by Gasteiger charge is 2.25. The fraction of sp³-hybridized carbons (Fsp3) is 0.421. The molecule has 1 saturated heterocycles. The van der Waals surface area contributed by atoms with Crippen LogP contribution in [0.4, 0.5) is 0 Å². The molecular formula is C19H23N3O4. The van der Waals surface area contributed by atoms with Crippen LogP contribution in [0.5, 0.6) is 5.75 Å². The smallest absolute Gasteiger partial charge is 0.328 e. The first-order valence-corrected chi connectivity index (χ1v) is 8.73.